The molecule has 0 spiro atoms. The number of nitrogens with zero attached hydrogens (tertiary/aromatic N) is 1. The number of rotatable bonds is 2. The molecular formula is C13H10Cl3N2O3PS. The molecule has 1 aromatic carbocycles. The summed E-state index contributed by atoms with van der Waals surface area (Å²) in [4.78, 5) is 30.4. The highest BCUT2D eigenvalue weighted by Crippen LogP contribution is 2.61. The molecule has 2 heterocycles. The van der Waals surface area contributed by atoms with Crippen LogP contribution in [0.1, 0.15) is 12.5 Å². The first-order chi connectivity index (χ1) is 10.6. The van der Waals surface area contributed by atoms with Crippen LogP contribution >= 0.6 is 50.3 Å². The standard InChI is InChI=1S/C13H10N2O2S.Cl3OP/c1-7(16)4-8-2-3-9-10(5-8)18-13-11(9)12(17)14-6-15-13;1-5(2,3)4/h2-3,5-6H,4H2,1H3,(H,14,15,17);. The monoisotopic (exact) mass is 410 g/mol. The summed E-state index contributed by atoms with van der Waals surface area (Å²) in [5.41, 5.74) is 0.851. The molecule has 23 heavy (non-hydrogen) atoms. The molecule has 0 unspecified atom stereocenters. The van der Waals surface area contributed by atoms with Crippen molar-refractivity contribution in [2.45, 2.75) is 13.3 Å². The predicted molar refractivity (Wildman–Crippen MR) is 97.3 cm³/mol. The molecule has 0 saturated heterocycles. The Morgan fingerprint density at radius 3 is 2.61 bits per heavy atom. The molecule has 0 aliphatic heterocycles. The number of carbonyl (C=O) groups is 1. The first-order valence-corrected chi connectivity index (χ1v) is 11.5. The minimum Gasteiger partial charge on any atom is -0.313 e. The molecule has 0 atom stereocenters. The molecule has 0 amide bonds. The van der Waals surface area contributed by atoms with E-state index in [0.717, 1.165) is 20.5 Å². The molecule has 3 aromatic rings. The lowest BCUT2D eigenvalue weighted by Crippen LogP contribution is -2.04. The van der Waals surface area contributed by atoms with E-state index < -0.39 is 5.20 Å². The van der Waals surface area contributed by atoms with Gasteiger partial charge in [-0.2, -0.15) is 0 Å². The number of hydrogen-bond donors (Lipinski definition) is 1. The zero-order valence-corrected chi connectivity index (χ0v) is 15.7. The Morgan fingerprint density at radius 1 is 1.35 bits per heavy atom. The van der Waals surface area contributed by atoms with Gasteiger partial charge in [0.1, 0.15) is 10.6 Å². The van der Waals surface area contributed by atoms with E-state index in [-0.39, 0.29) is 11.3 Å². The van der Waals surface area contributed by atoms with Gasteiger partial charge in [-0.3, -0.25) is 14.2 Å². The van der Waals surface area contributed by atoms with Crippen molar-refractivity contribution in [2.24, 2.45) is 0 Å². The second-order valence-electron chi connectivity index (χ2n) is 4.62. The Labute approximate surface area is 149 Å². The Morgan fingerprint density at radius 2 is 2.00 bits per heavy atom. The molecule has 0 radical (unpaired) electrons. The summed E-state index contributed by atoms with van der Waals surface area (Å²) >= 11 is 15.3. The zero-order valence-electron chi connectivity index (χ0n) is 11.7. The Hall–Kier alpha value is -0.910. The molecule has 122 valence electrons. The van der Waals surface area contributed by atoms with E-state index in [9.17, 15) is 14.2 Å². The third kappa shape index (κ3) is 5.30. The van der Waals surface area contributed by atoms with Crippen molar-refractivity contribution >= 4 is 76.3 Å². The summed E-state index contributed by atoms with van der Waals surface area (Å²) in [7, 11) is 0. The van der Waals surface area contributed by atoms with Crippen LogP contribution < -0.4 is 5.56 Å². The molecule has 0 aliphatic rings. The zero-order chi connectivity index (χ0) is 17.2. The number of halogens is 3. The maximum absolute atomic E-state index is 11.8. The lowest BCUT2D eigenvalue weighted by Gasteiger charge is -1.97. The summed E-state index contributed by atoms with van der Waals surface area (Å²) in [5, 5.41) is -1.69. The van der Waals surface area contributed by atoms with Gasteiger partial charge in [-0.15, -0.1) is 11.3 Å². The van der Waals surface area contributed by atoms with Crippen molar-refractivity contribution in [1.29, 1.82) is 0 Å². The Kier molecular flexibility index (Phi) is 5.87. The number of Topliss-reactive ketones (excluding diaryl/α,β-unsaturated/α-hetero) is 1. The summed E-state index contributed by atoms with van der Waals surface area (Å²) < 4.78 is 10.5. The van der Waals surface area contributed by atoms with Crippen LogP contribution in [0.15, 0.2) is 29.3 Å². The van der Waals surface area contributed by atoms with Crippen LogP contribution in [0.2, 0.25) is 0 Å². The summed E-state index contributed by atoms with van der Waals surface area (Å²) in [5.74, 6) is 0.131. The van der Waals surface area contributed by atoms with Crippen molar-refractivity contribution in [3.8, 4) is 0 Å². The average Bonchev–Trinajstić information content (AvgIpc) is 2.74. The number of hydrogen-bond acceptors (Lipinski definition) is 5. The van der Waals surface area contributed by atoms with Gasteiger partial charge in [0.05, 0.1) is 11.7 Å². The fraction of sp³-hybridized carbons (Fsp3) is 0.154. The third-order valence-corrected chi connectivity index (χ3v) is 3.85. The van der Waals surface area contributed by atoms with Crippen molar-refractivity contribution in [2.75, 3.05) is 0 Å². The van der Waals surface area contributed by atoms with E-state index in [1.807, 2.05) is 18.2 Å². The van der Waals surface area contributed by atoms with Gasteiger partial charge in [0.25, 0.3) is 5.56 Å². The van der Waals surface area contributed by atoms with Gasteiger partial charge < -0.3 is 4.98 Å². The van der Waals surface area contributed by atoms with Gasteiger partial charge in [0.2, 0.25) is 0 Å². The van der Waals surface area contributed by atoms with Crippen LogP contribution in [0, 0.1) is 0 Å². The molecule has 3 rings (SSSR count). The number of fused-ring (bicyclic) bond motifs is 3. The van der Waals surface area contributed by atoms with E-state index in [2.05, 4.69) is 43.7 Å². The minimum atomic E-state index is -3.22. The SMILES string of the molecule is CC(=O)Cc1ccc2c(c1)sc1nc[nH]c(=O)c12.O=P(Cl)(Cl)Cl. The number of nitrogens with one attached hydrogen (secondary N) is 1. The fourth-order valence-electron chi connectivity index (χ4n) is 2.06. The van der Waals surface area contributed by atoms with Crippen molar-refractivity contribution in [3.63, 3.8) is 0 Å². The number of aromatic amines is 1. The summed E-state index contributed by atoms with van der Waals surface area (Å²) in [6.45, 7) is 1.57. The highest BCUT2D eigenvalue weighted by molar-refractivity contribution is 8.24. The van der Waals surface area contributed by atoms with E-state index in [1.54, 1.807) is 6.92 Å². The largest absolute Gasteiger partial charge is 0.339 e. The fourth-order valence-corrected chi connectivity index (χ4v) is 3.17. The Bertz CT molecular complexity index is 971. The van der Waals surface area contributed by atoms with Gasteiger partial charge in [-0.1, -0.05) is 12.1 Å². The second-order valence-corrected chi connectivity index (χ2v) is 12.3. The molecule has 0 bridgehead atoms. The highest BCUT2D eigenvalue weighted by Gasteiger charge is 2.10. The average molecular weight is 412 g/mol. The van der Waals surface area contributed by atoms with Crippen molar-refractivity contribution < 1.29 is 9.36 Å². The number of carbonyl (C=O) groups excluding carboxylic acids is 1. The Balaban J connectivity index is 0.000000338. The number of thiophene rings is 1. The maximum Gasteiger partial charge on any atom is 0.339 e. The number of ketones is 1. The van der Waals surface area contributed by atoms with Crippen LogP contribution in [-0.4, -0.2) is 15.8 Å². The molecule has 2 aromatic heterocycles. The molecule has 0 saturated carbocycles. The van der Waals surface area contributed by atoms with Gasteiger partial charge in [0, 0.05) is 16.5 Å². The number of H-pyrrole nitrogens is 1. The van der Waals surface area contributed by atoms with Crippen molar-refractivity contribution in [1.82, 2.24) is 9.97 Å². The minimum absolute atomic E-state index is 0.120. The summed E-state index contributed by atoms with van der Waals surface area (Å²) in [6.07, 6.45) is 1.84. The van der Waals surface area contributed by atoms with Crippen LogP contribution in [0.5, 0.6) is 0 Å². The molecule has 10 heteroatoms. The molecular weight excluding hydrogens is 402 g/mol. The van der Waals surface area contributed by atoms with Gasteiger partial charge in [-0.25, -0.2) is 4.98 Å². The number of benzene rings is 1. The van der Waals surface area contributed by atoms with Gasteiger partial charge in [-0.05, 0) is 52.3 Å². The van der Waals surface area contributed by atoms with Gasteiger partial charge in [0.15, 0.2) is 0 Å². The van der Waals surface area contributed by atoms with Gasteiger partial charge >= 0.3 is 5.20 Å². The molecule has 1 N–H and O–H groups in total. The van der Waals surface area contributed by atoms with Crippen LogP contribution in [0.25, 0.3) is 20.3 Å². The quantitative estimate of drug-likeness (QED) is 0.596. The van der Waals surface area contributed by atoms with Crippen LogP contribution in [-0.2, 0) is 15.8 Å². The van der Waals surface area contributed by atoms with E-state index in [0.29, 0.717) is 11.8 Å². The normalized spacial score (nSPS) is 11.3. The van der Waals surface area contributed by atoms with E-state index in [1.165, 1.54) is 17.7 Å². The molecule has 0 fully saturated rings. The van der Waals surface area contributed by atoms with Crippen molar-refractivity contribution in [3.05, 3.63) is 40.4 Å². The smallest absolute Gasteiger partial charge is 0.313 e. The summed E-state index contributed by atoms with van der Waals surface area (Å²) in [6, 6.07) is 5.74. The van der Waals surface area contributed by atoms with Crippen LogP contribution in [0.4, 0.5) is 0 Å². The molecule has 0 aliphatic carbocycles. The predicted octanol–water partition coefficient (Wildman–Crippen LogP) is 5.08. The topological polar surface area (TPSA) is 79.9 Å². The van der Waals surface area contributed by atoms with E-state index >= 15 is 0 Å². The first-order valence-electron chi connectivity index (χ1n) is 6.22. The third-order valence-electron chi connectivity index (χ3n) is 2.79. The lowest BCUT2D eigenvalue weighted by molar-refractivity contribution is -0.116. The molecule has 5 nitrogen and oxygen atoms in total. The lowest BCUT2D eigenvalue weighted by atomic mass is 10.1. The van der Waals surface area contributed by atoms with Crippen LogP contribution in [0.3, 0.4) is 0 Å². The second kappa shape index (κ2) is 7.32. The highest BCUT2D eigenvalue weighted by atomic mass is 36.0. The maximum atomic E-state index is 11.8. The number of aromatic nitrogens is 2. The van der Waals surface area contributed by atoms with E-state index in [4.69, 9.17) is 0 Å². The first kappa shape index (κ1) is 18.4.